The molecule has 0 amide bonds. The molecular formula is C12H18BrClN2O4S. The average Bonchev–Trinajstić information content (AvgIpc) is 2.38. The molecule has 9 heteroatoms. The Kier molecular flexibility index (Phi) is 9.07. The molecule has 0 saturated carbocycles. The van der Waals surface area contributed by atoms with Crippen LogP contribution < -0.4 is 10.5 Å². The van der Waals surface area contributed by atoms with Gasteiger partial charge in [-0.05, 0) is 54.0 Å². The Morgan fingerprint density at radius 1 is 1.43 bits per heavy atom. The number of rotatable bonds is 7. The smallest absolute Gasteiger partial charge is 0.338 e. The first-order valence-corrected chi connectivity index (χ1v) is 8.36. The number of hydrogen-bond acceptors (Lipinski definition) is 5. The number of nitrogens with two attached hydrogens (primary N) is 1. The monoisotopic (exact) mass is 400 g/mol. The summed E-state index contributed by atoms with van der Waals surface area (Å²) < 4.78 is 31.7. The van der Waals surface area contributed by atoms with E-state index in [1.807, 2.05) is 0 Å². The summed E-state index contributed by atoms with van der Waals surface area (Å²) >= 11 is 3.16. The van der Waals surface area contributed by atoms with E-state index in [4.69, 9.17) is 10.5 Å². The highest BCUT2D eigenvalue weighted by Crippen LogP contribution is 2.23. The van der Waals surface area contributed by atoms with Crippen molar-refractivity contribution in [2.24, 2.45) is 5.73 Å². The Balaban J connectivity index is 0.00000400. The van der Waals surface area contributed by atoms with Crippen LogP contribution in [0.5, 0.6) is 0 Å². The van der Waals surface area contributed by atoms with Gasteiger partial charge in [0.1, 0.15) is 0 Å². The van der Waals surface area contributed by atoms with E-state index in [1.165, 1.54) is 18.2 Å². The second kappa shape index (κ2) is 9.37. The Bertz CT molecular complexity index is 581. The quantitative estimate of drug-likeness (QED) is 0.535. The predicted octanol–water partition coefficient (Wildman–Crippen LogP) is 1.67. The SMILES string of the molecule is CCOC(=O)c1ccc(S(=O)(=O)NCCCN)c(Br)c1.Cl. The zero-order valence-electron chi connectivity index (χ0n) is 11.5. The zero-order valence-corrected chi connectivity index (χ0v) is 14.7. The number of nitrogens with one attached hydrogen (secondary N) is 1. The minimum atomic E-state index is -3.62. The van der Waals surface area contributed by atoms with E-state index in [1.54, 1.807) is 6.92 Å². The maximum absolute atomic E-state index is 12.0. The summed E-state index contributed by atoms with van der Waals surface area (Å²) in [6, 6.07) is 4.21. The number of carbonyl (C=O) groups is 1. The number of halogens is 2. The summed E-state index contributed by atoms with van der Waals surface area (Å²) in [5, 5.41) is 0. The number of benzene rings is 1. The molecule has 0 aliphatic carbocycles. The van der Waals surface area contributed by atoms with E-state index < -0.39 is 16.0 Å². The van der Waals surface area contributed by atoms with Crippen LogP contribution in [0, 0.1) is 0 Å². The van der Waals surface area contributed by atoms with Crippen molar-refractivity contribution in [3.05, 3.63) is 28.2 Å². The number of carbonyl (C=O) groups excluding carboxylic acids is 1. The van der Waals surface area contributed by atoms with Gasteiger partial charge in [0.05, 0.1) is 17.1 Å². The van der Waals surface area contributed by atoms with E-state index in [-0.39, 0.29) is 30.5 Å². The molecule has 0 atom stereocenters. The van der Waals surface area contributed by atoms with Crippen molar-refractivity contribution in [3.63, 3.8) is 0 Å². The lowest BCUT2D eigenvalue weighted by molar-refractivity contribution is 0.0526. The standard InChI is InChI=1S/C12H17BrN2O4S.ClH/c1-2-19-12(16)9-4-5-11(10(13)8-9)20(17,18)15-7-3-6-14;/h4-5,8,15H,2-3,6-7,14H2,1H3;1H. The predicted molar refractivity (Wildman–Crippen MR) is 86.2 cm³/mol. The molecule has 21 heavy (non-hydrogen) atoms. The molecule has 0 heterocycles. The van der Waals surface area contributed by atoms with Crippen LogP contribution in [0.25, 0.3) is 0 Å². The summed E-state index contributed by atoms with van der Waals surface area (Å²) in [6.07, 6.45) is 0.553. The molecule has 0 aliphatic heterocycles. The highest BCUT2D eigenvalue weighted by molar-refractivity contribution is 9.10. The van der Waals surface area contributed by atoms with Gasteiger partial charge in [-0.15, -0.1) is 12.4 Å². The molecule has 0 bridgehead atoms. The fourth-order valence-electron chi connectivity index (χ4n) is 1.45. The fraction of sp³-hybridized carbons (Fsp3) is 0.417. The van der Waals surface area contributed by atoms with Gasteiger partial charge < -0.3 is 10.5 Å². The van der Waals surface area contributed by atoms with Gasteiger partial charge in [0.25, 0.3) is 0 Å². The van der Waals surface area contributed by atoms with Gasteiger partial charge in [-0.1, -0.05) is 0 Å². The molecule has 0 fully saturated rings. The van der Waals surface area contributed by atoms with Crippen LogP contribution in [-0.4, -0.2) is 34.1 Å². The molecular weight excluding hydrogens is 384 g/mol. The van der Waals surface area contributed by atoms with Crippen LogP contribution in [0.3, 0.4) is 0 Å². The number of hydrogen-bond donors (Lipinski definition) is 2. The number of esters is 1. The summed E-state index contributed by atoms with van der Waals surface area (Å²) in [5.74, 6) is -0.492. The Morgan fingerprint density at radius 2 is 2.10 bits per heavy atom. The molecule has 0 aromatic heterocycles. The Hall–Kier alpha value is -0.670. The third kappa shape index (κ3) is 5.91. The lowest BCUT2D eigenvalue weighted by atomic mass is 10.2. The van der Waals surface area contributed by atoms with Crippen LogP contribution in [0.15, 0.2) is 27.6 Å². The Morgan fingerprint density at radius 3 is 2.62 bits per heavy atom. The molecule has 0 unspecified atom stereocenters. The molecule has 3 N–H and O–H groups in total. The van der Waals surface area contributed by atoms with Gasteiger partial charge in [0, 0.05) is 11.0 Å². The van der Waals surface area contributed by atoms with Gasteiger partial charge in [-0.25, -0.2) is 17.9 Å². The highest BCUT2D eigenvalue weighted by atomic mass is 79.9. The van der Waals surface area contributed by atoms with E-state index in [9.17, 15) is 13.2 Å². The number of ether oxygens (including phenoxy) is 1. The van der Waals surface area contributed by atoms with Crippen LogP contribution in [0.1, 0.15) is 23.7 Å². The lowest BCUT2D eigenvalue weighted by Gasteiger charge is -2.09. The van der Waals surface area contributed by atoms with Gasteiger partial charge in [0.2, 0.25) is 10.0 Å². The molecule has 0 spiro atoms. The summed E-state index contributed by atoms with van der Waals surface area (Å²) in [4.78, 5) is 11.6. The molecule has 6 nitrogen and oxygen atoms in total. The van der Waals surface area contributed by atoms with Crippen molar-refractivity contribution < 1.29 is 17.9 Å². The van der Waals surface area contributed by atoms with E-state index in [0.29, 0.717) is 23.0 Å². The minimum absolute atomic E-state index is 0. The summed E-state index contributed by atoms with van der Waals surface area (Å²) in [7, 11) is -3.62. The second-order valence-electron chi connectivity index (χ2n) is 3.91. The maximum atomic E-state index is 12.0. The summed E-state index contributed by atoms with van der Waals surface area (Å²) in [5.41, 5.74) is 5.60. The van der Waals surface area contributed by atoms with Crippen molar-refractivity contribution in [2.75, 3.05) is 19.7 Å². The van der Waals surface area contributed by atoms with E-state index in [2.05, 4.69) is 20.7 Å². The number of sulfonamides is 1. The van der Waals surface area contributed by atoms with Crippen molar-refractivity contribution in [3.8, 4) is 0 Å². The fourth-order valence-corrected chi connectivity index (χ4v) is 3.60. The zero-order chi connectivity index (χ0) is 15.2. The first kappa shape index (κ1) is 20.3. The van der Waals surface area contributed by atoms with Crippen LogP contribution in [0.4, 0.5) is 0 Å². The van der Waals surface area contributed by atoms with Gasteiger partial charge >= 0.3 is 5.97 Å². The van der Waals surface area contributed by atoms with Crippen LogP contribution in [-0.2, 0) is 14.8 Å². The molecule has 120 valence electrons. The second-order valence-corrected chi connectivity index (χ2v) is 6.50. The average molecular weight is 402 g/mol. The Labute approximate surface area is 139 Å². The van der Waals surface area contributed by atoms with Gasteiger partial charge in [-0.2, -0.15) is 0 Å². The maximum Gasteiger partial charge on any atom is 0.338 e. The molecule has 1 aromatic carbocycles. The minimum Gasteiger partial charge on any atom is -0.462 e. The van der Waals surface area contributed by atoms with Crippen LogP contribution in [0.2, 0.25) is 0 Å². The third-order valence-electron chi connectivity index (χ3n) is 2.41. The third-order valence-corrected chi connectivity index (χ3v) is 4.84. The lowest BCUT2D eigenvalue weighted by Crippen LogP contribution is -2.26. The first-order valence-electron chi connectivity index (χ1n) is 6.08. The largest absolute Gasteiger partial charge is 0.462 e. The first-order chi connectivity index (χ1) is 9.42. The van der Waals surface area contributed by atoms with Gasteiger partial charge in [0.15, 0.2) is 0 Å². The molecule has 0 radical (unpaired) electrons. The van der Waals surface area contributed by atoms with E-state index in [0.717, 1.165) is 0 Å². The van der Waals surface area contributed by atoms with Crippen molar-refractivity contribution in [1.82, 2.24) is 4.72 Å². The molecule has 0 aliphatic rings. The normalized spacial score (nSPS) is 10.8. The topological polar surface area (TPSA) is 98.5 Å². The molecule has 1 rings (SSSR count). The molecule has 0 saturated heterocycles. The van der Waals surface area contributed by atoms with Crippen LogP contribution >= 0.6 is 28.3 Å². The van der Waals surface area contributed by atoms with Crippen molar-refractivity contribution >= 4 is 44.3 Å². The van der Waals surface area contributed by atoms with Gasteiger partial charge in [-0.3, -0.25) is 0 Å². The van der Waals surface area contributed by atoms with E-state index >= 15 is 0 Å². The molecule has 1 aromatic rings. The summed E-state index contributed by atoms with van der Waals surface area (Å²) in [6.45, 7) is 2.64. The highest BCUT2D eigenvalue weighted by Gasteiger charge is 2.18. The van der Waals surface area contributed by atoms with Crippen molar-refractivity contribution in [1.29, 1.82) is 0 Å². The van der Waals surface area contributed by atoms with Crippen molar-refractivity contribution in [2.45, 2.75) is 18.2 Å².